The fourth-order valence-electron chi connectivity index (χ4n) is 1.50. The summed E-state index contributed by atoms with van der Waals surface area (Å²) in [6.45, 7) is 6.98. The second-order valence-corrected chi connectivity index (χ2v) is 4.95. The molecule has 0 aliphatic rings. The Hall–Kier alpha value is -1.42. The summed E-state index contributed by atoms with van der Waals surface area (Å²) in [7, 11) is 0. The first-order chi connectivity index (χ1) is 7.69. The summed E-state index contributed by atoms with van der Waals surface area (Å²) < 4.78 is 0. The molecule has 0 amide bonds. The Morgan fingerprint density at radius 3 is 2.69 bits per heavy atom. The van der Waals surface area contributed by atoms with Crippen LogP contribution in [0.3, 0.4) is 0 Å². The van der Waals surface area contributed by atoms with Crippen LogP contribution in [-0.4, -0.2) is 16.5 Å². The lowest BCUT2D eigenvalue weighted by Crippen LogP contribution is -2.03. The van der Waals surface area contributed by atoms with E-state index in [4.69, 9.17) is 0 Å². The maximum atomic E-state index is 4.50. The van der Waals surface area contributed by atoms with Crippen LogP contribution in [0.25, 0.3) is 10.6 Å². The number of aromatic nitrogens is 2. The molecule has 0 aromatic carbocycles. The van der Waals surface area contributed by atoms with E-state index < -0.39 is 0 Å². The Morgan fingerprint density at radius 1 is 1.25 bits per heavy atom. The molecule has 0 fully saturated rings. The maximum Gasteiger partial charge on any atom is 0.223 e. The number of thiophene rings is 1. The first kappa shape index (κ1) is 11.1. The second-order valence-electron chi connectivity index (χ2n) is 3.66. The minimum absolute atomic E-state index is 0.712. The van der Waals surface area contributed by atoms with Crippen molar-refractivity contribution in [2.75, 3.05) is 11.9 Å². The Bertz CT molecular complexity index is 491. The molecule has 3 nitrogen and oxygen atoms in total. The highest BCUT2D eigenvalue weighted by molar-refractivity contribution is 7.15. The van der Waals surface area contributed by atoms with E-state index in [0.29, 0.717) is 5.95 Å². The Labute approximate surface area is 99.6 Å². The summed E-state index contributed by atoms with van der Waals surface area (Å²) in [5, 5.41) is 3.15. The minimum atomic E-state index is 0.712. The Balaban J connectivity index is 2.40. The number of anilines is 1. The molecule has 0 spiro atoms. The smallest absolute Gasteiger partial charge is 0.223 e. The van der Waals surface area contributed by atoms with E-state index in [9.17, 15) is 0 Å². The number of nitrogens with zero attached hydrogens (tertiary/aromatic N) is 2. The molecular formula is C12H15N3S. The van der Waals surface area contributed by atoms with Crippen LogP contribution in [0.4, 0.5) is 5.95 Å². The fourth-order valence-corrected chi connectivity index (χ4v) is 2.33. The van der Waals surface area contributed by atoms with Gasteiger partial charge >= 0.3 is 0 Å². The molecule has 16 heavy (non-hydrogen) atoms. The average molecular weight is 233 g/mol. The van der Waals surface area contributed by atoms with Crippen molar-refractivity contribution >= 4 is 17.3 Å². The predicted molar refractivity (Wildman–Crippen MR) is 69.0 cm³/mol. The predicted octanol–water partition coefficient (Wildman–Crippen LogP) is 3.25. The first-order valence-electron chi connectivity index (χ1n) is 5.35. The van der Waals surface area contributed by atoms with Gasteiger partial charge in [-0.3, -0.25) is 0 Å². The Morgan fingerprint density at radius 2 is 2.06 bits per heavy atom. The van der Waals surface area contributed by atoms with Crippen molar-refractivity contribution in [1.82, 2.24) is 9.97 Å². The van der Waals surface area contributed by atoms with Gasteiger partial charge in [-0.1, -0.05) is 0 Å². The summed E-state index contributed by atoms with van der Waals surface area (Å²) in [5.41, 5.74) is 1.99. The van der Waals surface area contributed by atoms with Crippen LogP contribution in [0.1, 0.15) is 17.5 Å². The van der Waals surface area contributed by atoms with Gasteiger partial charge in [0, 0.05) is 17.1 Å². The maximum absolute atomic E-state index is 4.50. The summed E-state index contributed by atoms with van der Waals surface area (Å²) in [6.07, 6.45) is 0. The first-order valence-corrected chi connectivity index (χ1v) is 6.17. The van der Waals surface area contributed by atoms with Crippen molar-refractivity contribution in [1.29, 1.82) is 0 Å². The average Bonchev–Trinajstić information content (AvgIpc) is 2.64. The molecule has 84 valence electrons. The van der Waals surface area contributed by atoms with E-state index >= 15 is 0 Å². The quantitative estimate of drug-likeness (QED) is 0.884. The minimum Gasteiger partial charge on any atom is -0.354 e. The van der Waals surface area contributed by atoms with Crippen molar-refractivity contribution < 1.29 is 0 Å². The molecule has 0 aliphatic carbocycles. The lowest BCUT2D eigenvalue weighted by atomic mass is 10.3. The number of nitrogens with one attached hydrogen (secondary N) is 1. The van der Waals surface area contributed by atoms with E-state index in [1.165, 1.54) is 9.75 Å². The molecule has 0 unspecified atom stereocenters. The van der Waals surface area contributed by atoms with Gasteiger partial charge in [-0.15, -0.1) is 11.3 Å². The van der Waals surface area contributed by atoms with Crippen LogP contribution in [0.2, 0.25) is 0 Å². The van der Waals surface area contributed by atoms with Gasteiger partial charge in [-0.25, -0.2) is 9.97 Å². The Kier molecular flexibility index (Phi) is 3.19. The lowest BCUT2D eigenvalue weighted by Gasteiger charge is -2.04. The molecule has 0 atom stereocenters. The number of hydrogen-bond donors (Lipinski definition) is 1. The molecule has 2 aromatic rings. The largest absolute Gasteiger partial charge is 0.354 e. The molecule has 2 aromatic heterocycles. The van der Waals surface area contributed by atoms with Crippen molar-refractivity contribution in [2.24, 2.45) is 0 Å². The summed E-state index contributed by atoms with van der Waals surface area (Å²) >= 11 is 1.76. The van der Waals surface area contributed by atoms with Gasteiger partial charge < -0.3 is 5.32 Å². The third-order valence-electron chi connectivity index (χ3n) is 2.18. The van der Waals surface area contributed by atoms with Gasteiger partial charge in [0.05, 0.1) is 10.6 Å². The number of aryl methyl sites for hydroxylation is 2. The van der Waals surface area contributed by atoms with Crippen LogP contribution >= 0.6 is 11.3 Å². The van der Waals surface area contributed by atoms with Gasteiger partial charge in [0.25, 0.3) is 0 Å². The van der Waals surface area contributed by atoms with Gasteiger partial charge in [0.1, 0.15) is 0 Å². The summed E-state index contributed by atoms with van der Waals surface area (Å²) in [6, 6.07) is 6.24. The number of rotatable bonds is 3. The molecule has 0 radical (unpaired) electrons. The highest BCUT2D eigenvalue weighted by Crippen LogP contribution is 2.26. The normalized spacial score (nSPS) is 10.4. The van der Waals surface area contributed by atoms with Crippen LogP contribution < -0.4 is 5.32 Å². The molecule has 2 rings (SSSR count). The zero-order valence-electron chi connectivity index (χ0n) is 9.74. The topological polar surface area (TPSA) is 37.8 Å². The molecule has 2 heterocycles. The second kappa shape index (κ2) is 4.61. The van der Waals surface area contributed by atoms with E-state index in [2.05, 4.69) is 34.3 Å². The van der Waals surface area contributed by atoms with Crippen molar-refractivity contribution in [2.45, 2.75) is 20.8 Å². The van der Waals surface area contributed by atoms with Crippen molar-refractivity contribution in [3.05, 3.63) is 28.8 Å². The van der Waals surface area contributed by atoms with Crippen LogP contribution in [0.5, 0.6) is 0 Å². The zero-order chi connectivity index (χ0) is 11.5. The monoisotopic (exact) mass is 233 g/mol. The van der Waals surface area contributed by atoms with Gasteiger partial charge in [0.15, 0.2) is 0 Å². The molecule has 0 saturated heterocycles. The van der Waals surface area contributed by atoms with E-state index in [-0.39, 0.29) is 0 Å². The van der Waals surface area contributed by atoms with E-state index in [1.54, 1.807) is 11.3 Å². The molecule has 4 heteroatoms. The van der Waals surface area contributed by atoms with Crippen molar-refractivity contribution in [3.63, 3.8) is 0 Å². The van der Waals surface area contributed by atoms with Crippen LogP contribution in [0, 0.1) is 13.8 Å². The third-order valence-corrected chi connectivity index (χ3v) is 3.21. The number of hydrogen-bond acceptors (Lipinski definition) is 4. The summed E-state index contributed by atoms with van der Waals surface area (Å²) in [5.74, 6) is 0.712. The van der Waals surface area contributed by atoms with E-state index in [1.807, 2.05) is 19.9 Å². The highest BCUT2D eigenvalue weighted by atomic mass is 32.1. The fraction of sp³-hybridized carbons (Fsp3) is 0.333. The van der Waals surface area contributed by atoms with Crippen LogP contribution in [0.15, 0.2) is 18.2 Å². The standard InChI is InChI=1S/C12H15N3S/c1-4-13-12-14-8(2)7-10(15-12)11-6-5-9(3)16-11/h5-7H,4H2,1-3H3,(H,13,14,15). The molecule has 0 saturated carbocycles. The summed E-state index contributed by atoms with van der Waals surface area (Å²) in [4.78, 5) is 11.3. The highest BCUT2D eigenvalue weighted by Gasteiger charge is 2.05. The molecule has 1 N–H and O–H groups in total. The zero-order valence-corrected chi connectivity index (χ0v) is 10.6. The van der Waals surface area contributed by atoms with E-state index in [0.717, 1.165) is 17.9 Å². The third kappa shape index (κ3) is 2.39. The molecule has 0 aliphatic heterocycles. The van der Waals surface area contributed by atoms with Gasteiger partial charge in [0.2, 0.25) is 5.95 Å². The van der Waals surface area contributed by atoms with Gasteiger partial charge in [-0.05, 0) is 39.0 Å². The van der Waals surface area contributed by atoms with Gasteiger partial charge in [-0.2, -0.15) is 0 Å². The molecular weight excluding hydrogens is 218 g/mol. The SMILES string of the molecule is CCNc1nc(C)cc(-c2ccc(C)s2)n1. The molecule has 0 bridgehead atoms. The lowest BCUT2D eigenvalue weighted by molar-refractivity contribution is 1.06. The van der Waals surface area contributed by atoms with Crippen LogP contribution in [-0.2, 0) is 0 Å². The van der Waals surface area contributed by atoms with Crippen molar-refractivity contribution in [3.8, 4) is 10.6 Å².